The van der Waals surface area contributed by atoms with Crippen molar-refractivity contribution in [2.45, 2.75) is 19.3 Å². The van der Waals surface area contributed by atoms with Crippen molar-refractivity contribution in [2.75, 3.05) is 6.54 Å². The highest BCUT2D eigenvalue weighted by molar-refractivity contribution is 9.10. The maximum absolute atomic E-state index is 13.1. The summed E-state index contributed by atoms with van der Waals surface area (Å²) in [5.74, 6) is 0.368. The van der Waals surface area contributed by atoms with Crippen LogP contribution < -0.4 is 5.32 Å². The number of rotatable bonds is 6. The smallest absolute Gasteiger partial charge is 0.220 e. The molecule has 0 radical (unpaired) electrons. The summed E-state index contributed by atoms with van der Waals surface area (Å²) in [5.41, 5.74) is 0.787. The van der Waals surface area contributed by atoms with Gasteiger partial charge in [0.15, 0.2) is 0 Å². The fraction of sp³-hybridized carbons (Fsp3) is 0.308. The van der Waals surface area contributed by atoms with Crippen LogP contribution in [0, 0.1) is 5.82 Å². The lowest BCUT2D eigenvalue weighted by molar-refractivity contribution is -0.121. The van der Waals surface area contributed by atoms with E-state index in [1.54, 1.807) is 6.07 Å². The fourth-order valence-corrected chi connectivity index (χ4v) is 2.19. The summed E-state index contributed by atoms with van der Waals surface area (Å²) in [7, 11) is 0. The molecule has 1 aromatic heterocycles. The highest BCUT2D eigenvalue weighted by Gasteiger charge is 2.06. The van der Waals surface area contributed by atoms with E-state index in [-0.39, 0.29) is 11.7 Å². The number of hydrogen-bond acceptors (Lipinski definition) is 3. The molecule has 2 rings (SSSR count). The molecule has 0 spiro atoms. The van der Waals surface area contributed by atoms with E-state index in [1.165, 1.54) is 18.5 Å². The minimum Gasteiger partial charge on any atom is -0.356 e. The van der Waals surface area contributed by atoms with E-state index in [9.17, 15) is 9.18 Å². The number of aromatic amines is 1. The SMILES string of the molecule is O=C(CCc1cc(F)ccc1Br)NCCc1ncn[nH]1. The highest BCUT2D eigenvalue weighted by Crippen LogP contribution is 2.19. The van der Waals surface area contributed by atoms with Gasteiger partial charge in [-0.05, 0) is 30.2 Å². The zero-order valence-electron chi connectivity index (χ0n) is 10.7. The van der Waals surface area contributed by atoms with Gasteiger partial charge in [-0.1, -0.05) is 15.9 Å². The molecule has 0 bridgehead atoms. The molecular weight excluding hydrogens is 327 g/mol. The molecule has 5 nitrogen and oxygen atoms in total. The Bertz CT molecular complexity index is 574. The Morgan fingerprint density at radius 2 is 2.25 bits per heavy atom. The van der Waals surface area contributed by atoms with Crippen LogP contribution in [-0.2, 0) is 17.6 Å². The van der Waals surface area contributed by atoms with E-state index in [1.807, 2.05) is 0 Å². The van der Waals surface area contributed by atoms with E-state index in [0.29, 0.717) is 25.8 Å². The predicted octanol–water partition coefficient (Wildman–Crippen LogP) is 2.00. The number of benzene rings is 1. The van der Waals surface area contributed by atoms with Crippen LogP contribution >= 0.6 is 15.9 Å². The average Bonchev–Trinajstić information content (AvgIpc) is 2.93. The molecule has 0 unspecified atom stereocenters. The Hall–Kier alpha value is -1.76. The standard InChI is InChI=1S/C13H14BrFN4O/c14-11-3-2-10(15)7-9(11)1-4-13(20)16-6-5-12-17-8-18-19-12/h2-3,7-8H,1,4-6H2,(H,16,20)(H,17,18,19). The Kier molecular flexibility index (Phi) is 5.23. The van der Waals surface area contributed by atoms with Gasteiger partial charge in [0, 0.05) is 23.9 Å². The molecular formula is C13H14BrFN4O. The molecule has 0 saturated carbocycles. The van der Waals surface area contributed by atoms with Crippen LogP contribution in [0.4, 0.5) is 4.39 Å². The first-order chi connectivity index (χ1) is 9.65. The van der Waals surface area contributed by atoms with Gasteiger partial charge in [-0.25, -0.2) is 9.37 Å². The Morgan fingerprint density at radius 3 is 3.00 bits per heavy atom. The van der Waals surface area contributed by atoms with Gasteiger partial charge in [0.25, 0.3) is 0 Å². The normalized spacial score (nSPS) is 10.5. The first-order valence-electron chi connectivity index (χ1n) is 6.20. The third-order valence-corrected chi connectivity index (χ3v) is 3.55. The van der Waals surface area contributed by atoms with Crippen molar-refractivity contribution in [1.29, 1.82) is 0 Å². The number of amides is 1. The van der Waals surface area contributed by atoms with Crippen LogP contribution in [0.5, 0.6) is 0 Å². The summed E-state index contributed by atoms with van der Waals surface area (Å²) >= 11 is 3.34. The predicted molar refractivity (Wildman–Crippen MR) is 75.5 cm³/mol. The lowest BCUT2D eigenvalue weighted by Gasteiger charge is -2.06. The van der Waals surface area contributed by atoms with Crippen LogP contribution in [-0.4, -0.2) is 27.6 Å². The molecule has 0 aliphatic carbocycles. The fourth-order valence-electron chi connectivity index (χ4n) is 1.74. The summed E-state index contributed by atoms with van der Waals surface area (Å²) in [6.45, 7) is 0.498. The lowest BCUT2D eigenvalue weighted by atomic mass is 10.1. The van der Waals surface area contributed by atoms with Crippen LogP contribution in [0.3, 0.4) is 0 Å². The first kappa shape index (κ1) is 14.6. The summed E-state index contributed by atoms with van der Waals surface area (Å²) < 4.78 is 13.9. The van der Waals surface area contributed by atoms with Gasteiger partial charge >= 0.3 is 0 Å². The summed E-state index contributed by atoms with van der Waals surface area (Å²) in [5, 5.41) is 9.24. The Labute approximate surface area is 124 Å². The average molecular weight is 341 g/mol. The zero-order chi connectivity index (χ0) is 14.4. The minimum atomic E-state index is -0.297. The van der Waals surface area contributed by atoms with Crippen LogP contribution in [0.2, 0.25) is 0 Å². The number of aryl methyl sites for hydroxylation is 1. The number of carbonyl (C=O) groups excluding carboxylic acids is 1. The molecule has 0 saturated heterocycles. The van der Waals surface area contributed by atoms with E-state index in [4.69, 9.17) is 0 Å². The van der Waals surface area contributed by atoms with E-state index >= 15 is 0 Å². The molecule has 2 aromatic rings. The van der Waals surface area contributed by atoms with Crippen LogP contribution in [0.15, 0.2) is 29.0 Å². The van der Waals surface area contributed by atoms with Crippen molar-refractivity contribution in [3.05, 3.63) is 46.2 Å². The maximum atomic E-state index is 13.1. The number of nitrogens with one attached hydrogen (secondary N) is 2. The van der Waals surface area contributed by atoms with Gasteiger partial charge in [-0.2, -0.15) is 5.10 Å². The molecule has 7 heteroatoms. The number of aromatic nitrogens is 3. The Balaban J connectivity index is 1.73. The lowest BCUT2D eigenvalue weighted by Crippen LogP contribution is -2.26. The zero-order valence-corrected chi connectivity index (χ0v) is 12.3. The van der Waals surface area contributed by atoms with Gasteiger partial charge in [0.2, 0.25) is 5.91 Å². The minimum absolute atomic E-state index is 0.0688. The molecule has 106 valence electrons. The molecule has 0 aliphatic rings. The summed E-state index contributed by atoms with van der Waals surface area (Å²) in [6.07, 6.45) is 2.85. The quantitative estimate of drug-likeness (QED) is 0.844. The van der Waals surface area contributed by atoms with Crippen LogP contribution in [0.25, 0.3) is 0 Å². The first-order valence-corrected chi connectivity index (χ1v) is 6.99. The molecule has 1 heterocycles. The van der Waals surface area contributed by atoms with Crippen LogP contribution in [0.1, 0.15) is 17.8 Å². The molecule has 0 fully saturated rings. The van der Waals surface area contributed by atoms with Crippen molar-refractivity contribution in [3.63, 3.8) is 0 Å². The second kappa shape index (κ2) is 7.14. The molecule has 0 aliphatic heterocycles. The maximum Gasteiger partial charge on any atom is 0.220 e. The number of nitrogens with zero attached hydrogens (tertiary/aromatic N) is 2. The monoisotopic (exact) mass is 340 g/mol. The molecule has 1 aromatic carbocycles. The van der Waals surface area contributed by atoms with Crippen molar-refractivity contribution in [1.82, 2.24) is 20.5 Å². The largest absolute Gasteiger partial charge is 0.356 e. The third-order valence-electron chi connectivity index (χ3n) is 2.78. The van der Waals surface area contributed by atoms with Gasteiger partial charge in [0.05, 0.1) is 0 Å². The number of carbonyl (C=O) groups is 1. The molecule has 1 amide bonds. The van der Waals surface area contributed by atoms with E-state index in [0.717, 1.165) is 15.9 Å². The van der Waals surface area contributed by atoms with Crippen molar-refractivity contribution < 1.29 is 9.18 Å². The number of halogens is 2. The highest BCUT2D eigenvalue weighted by atomic mass is 79.9. The second-order valence-corrected chi connectivity index (χ2v) is 5.12. The van der Waals surface area contributed by atoms with Crippen molar-refractivity contribution in [3.8, 4) is 0 Å². The van der Waals surface area contributed by atoms with E-state index in [2.05, 4.69) is 36.4 Å². The summed E-state index contributed by atoms with van der Waals surface area (Å²) in [4.78, 5) is 15.6. The van der Waals surface area contributed by atoms with Gasteiger partial charge in [-0.3, -0.25) is 9.89 Å². The third kappa shape index (κ3) is 4.41. The van der Waals surface area contributed by atoms with Gasteiger partial charge in [-0.15, -0.1) is 0 Å². The second-order valence-electron chi connectivity index (χ2n) is 4.27. The molecule has 20 heavy (non-hydrogen) atoms. The van der Waals surface area contributed by atoms with E-state index < -0.39 is 0 Å². The molecule has 2 N–H and O–H groups in total. The van der Waals surface area contributed by atoms with Crippen molar-refractivity contribution >= 4 is 21.8 Å². The Morgan fingerprint density at radius 1 is 1.40 bits per heavy atom. The number of H-pyrrole nitrogens is 1. The van der Waals surface area contributed by atoms with Crippen molar-refractivity contribution in [2.24, 2.45) is 0 Å². The van der Waals surface area contributed by atoms with Gasteiger partial charge in [0.1, 0.15) is 18.0 Å². The molecule has 0 atom stereocenters. The summed E-state index contributed by atoms with van der Waals surface area (Å²) in [6, 6.07) is 4.46. The number of hydrogen-bond donors (Lipinski definition) is 2. The van der Waals surface area contributed by atoms with Gasteiger partial charge < -0.3 is 5.32 Å². The topological polar surface area (TPSA) is 70.7 Å².